The van der Waals surface area contributed by atoms with E-state index in [-0.39, 0.29) is 11.4 Å². The van der Waals surface area contributed by atoms with E-state index in [1.165, 1.54) is 4.90 Å². The molecule has 1 heterocycles. The smallest absolute Gasteiger partial charge is 0.291 e. The number of nitrogens with one attached hydrogen (secondary N) is 1. The second-order valence-corrected chi connectivity index (χ2v) is 3.76. The van der Waals surface area contributed by atoms with Crippen LogP contribution in [0, 0.1) is 5.41 Å². The fourth-order valence-electron chi connectivity index (χ4n) is 1.44. The molecule has 1 atom stereocenters. The van der Waals surface area contributed by atoms with Crippen molar-refractivity contribution in [3.05, 3.63) is 0 Å². The first-order chi connectivity index (χ1) is 6.46. The predicted molar refractivity (Wildman–Crippen MR) is 54.2 cm³/mol. The van der Waals surface area contributed by atoms with Gasteiger partial charge in [0.25, 0.3) is 5.91 Å². The van der Waals surface area contributed by atoms with Crippen molar-refractivity contribution in [2.45, 2.75) is 18.9 Å². The van der Waals surface area contributed by atoms with Gasteiger partial charge in [-0.1, -0.05) is 0 Å². The van der Waals surface area contributed by atoms with Crippen LogP contribution in [0.5, 0.6) is 0 Å². The molecule has 14 heavy (non-hydrogen) atoms. The van der Waals surface area contributed by atoms with Gasteiger partial charge >= 0.3 is 0 Å². The van der Waals surface area contributed by atoms with Gasteiger partial charge in [0.05, 0.1) is 6.34 Å². The average molecular weight is 197 g/mol. The molecule has 6 nitrogen and oxygen atoms in total. The maximum absolute atomic E-state index is 11.5. The van der Waals surface area contributed by atoms with E-state index < -0.39 is 5.91 Å². The number of aliphatic imine (C=N–C) groups is 1. The van der Waals surface area contributed by atoms with Crippen molar-refractivity contribution in [1.29, 1.82) is 5.41 Å². The Morgan fingerprint density at radius 3 is 2.79 bits per heavy atom. The zero-order valence-corrected chi connectivity index (χ0v) is 8.16. The highest BCUT2D eigenvalue weighted by Crippen LogP contribution is 2.17. The third-order valence-electron chi connectivity index (χ3n) is 2.20. The quantitative estimate of drug-likeness (QED) is 0.339. The van der Waals surface area contributed by atoms with Crippen molar-refractivity contribution in [2.24, 2.45) is 16.5 Å². The molecular formula is C8H15N5O. The molecule has 0 aromatic heterocycles. The molecule has 1 rings (SSSR count). The molecule has 0 saturated carbocycles. The Morgan fingerprint density at radius 1 is 1.71 bits per heavy atom. The summed E-state index contributed by atoms with van der Waals surface area (Å²) in [6.07, 6.45) is 1.69. The molecule has 0 spiro atoms. The number of nitrogens with two attached hydrogens (primary N) is 2. The highest BCUT2D eigenvalue weighted by atomic mass is 16.2. The summed E-state index contributed by atoms with van der Waals surface area (Å²) in [5, 5.41) is 7.28. The number of nitrogens with zero attached hydrogens (tertiary/aromatic N) is 2. The topological polar surface area (TPSA) is 109 Å². The molecule has 0 radical (unpaired) electrons. The Kier molecular flexibility index (Phi) is 2.85. The molecule has 1 fully saturated rings. The van der Waals surface area contributed by atoms with E-state index in [1.807, 2.05) is 6.92 Å². The number of carbonyl (C=O) groups is 1. The number of hydrogen-bond donors (Lipinski definition) is 3. The Morgan fingerprint density at radius 2 is 2.36 bits per heavy atom. The van der Waals surface area contributed by atoms with Gasteiger partial charge in [0.15, 0.2) is 0 Å². The Balaban J connectivity index is 2.60. The van der Waals surface area contributed by atoms with Gasteiger partial charge in [-0.05, 0) is 13.3 Å². The van der Waals surface area contributed by atoms with Gasteiger partial charge < -0.3 is 16.4 Å². The standard InChI is InChI=1S/C8H15N5O/c1-8(11)2-3-13(4-8)7(14)6(10)12-5-9/h5H,2-4,11H2,1H3,(H3,9,10,12). The highest BCUT2D eigenvalue weighted by molar-refractivity contribution is 6.37. The second-order valence-electron chi connectivity index (χ2n) is 3.76. The molecule has 0 aromatic rings. The van der Waals surface area contributed by atoms with Gasteiger partial charge in [-0.25, -0.2) is 4.99 Å². The van der Waals surface area contributed by atoms with E-state index in [0.29, 0.717) is 13.1 Å². The Bertz CT molecular complexity index is 283. The SMILES string of the molecule is CC1(N)CCN(C(=O)C(=N)N=CN)C1. The van der Waals surface area contributed by atoms with Gasteiger partial charge in [0.1, 0.15) is 0 Å². The molecule has 0 bridgehead atoms. The van der Waals surface area contributed by atoms with Crippen LogP contribution in [0.15, 0.2) is 4.99 Å². The summed E-state index contributed by atoms with van der Waals surface area (Å²) in [5.74, 6) is -0.758. The summed E-state index contributed by atoms with van der Waals surface area (Å²) >= 11 is 0. The number of carbonyl (C=O) groups excluding carboxylic acids is 1. The van der Waals surface area contributed by atoms with Gasteiger partial charge in [-0.15, -0.1) is 0 Å². The number of hydrogen-bond acceptors (Lipinski definition) is 3. The highest BCUT2D eigenvalue weighted by Gasteiger charge is 2.33. The number of likely N-dealkylation sites (tertiary alicyclic amines) is 1. The summed E-state index contributed by atoms with van der Waals surface area (Å²) in [5.41, 5.74) is 10.5. The lowest BCUT2D eigenvalue weighted by Crippen LogP contribution is -2.42. The molecular weight excluding hydrogens is 182 g/mol. The maximum atomic E-state index is 11.5. The summed E-state index contributed by atoms with van der Waals surface area (Å²) in [6, 6.07) is 0. The molecule has 1 aliphatic heterocycles. The van der Waals surface area contributed by atoms with Crippen LogP contribution in [0.4, 0.5) is 0 Å². The fourth-order valence-corrected chi connectivity index (χ4v) is 1.44. The van der Waals surface area contributed by atoms with Crippen LogP contribution in [0.3, 0.4) is 0 Å². The number of rotatable bonds is 0. The summed E-state index contributed by atoms with van der Waals surface area (Å²) in [7, 11) is 0. The third-order valence-corrected chi connectivity index (χ3v) is 2.20. The van der Waals surface area contributed by atoms with E-state index in [1.54, 1.807) is 0 Å². The normalized spacial score (nSPS) is 27.1. The summed E-state index contributed by atoms with van der Waals surface area (Å²) < 4.78 is 0. The number of amides is 1. The lowest BCUT2D eigenvalue weighted by Gasteiger charge is -2.18. The molecule has 1 amide bonds. The Hall–Kier alpha value is -1.43. The minimum Gasteiger partial charge on any atom is -0.390 e. The van der Waals surface area contributed by atoms with E-state index in [2.05, 4.69) is 4.99 Å². The first-order valence-electron chi connectivity index (χ1n) is 4.37. The van der Waals surface area contributed by atoms with Crippen LogP contribution in [0.2, 0.25) is 0 Å². The predicted octanol–water partition coefficient (Wildman–Crippen LogP) is -1.10. The first kappa shape index (κ1) is 10.6. The van der Waals surface area contributed by atoms with Crippen molar-refractivity contribution < 1.29 is 4.79 Å². The molecule has 0 aromatic carbocycles. The van der Waals surface area contributed by atoms with Crippen LogP contribution < -0.4 is 11.5 Å². The maximum Gasteiger partial charge on any atom is 0.291 e. The Labute approximate surface area is 82.5 Å². The van der Waals surface area contributed by atoms with Gasteiger partial charge in [0, 0.05) is 18.6 Å². The van der Waals surface area contributed by atoms with E-state index in [9.17, 15) is 4.79 Å². The van der Waals surface area contributed by atoms with Crippen molar-refractivity contribution in [2.75, 3.05) is 13.1 Å². The van der Waals surface area contributed by atoms with Crippen molar-refractivity contribution in [3.8, 4) is 0 Å². The minimum atomic E-state index is -0.416. The third kappa shape index (κ3) is 2.29. The van der Waals surface area contributed by atoms with Crippen LogP contribution in [0.25, 0.3) is 0 Å². The molecule has 1 saturated heterocycles. The molecule has 1 unspecified atom stereocenters. The van der Waals surface area contributed by atoms with E-state index >= 15 is 0 Å². The molecule has 78 valence electrons. The number of amidine groups is 1. The molecule has 0 aliphatic carbocycles. The van der Waals surface area contributed by atoms with Crippen LogP contribution >= 0.6 is 0 Å². The average Bonchev–Trinajstić information content (AvgIpc) is 2.45. The first-order valence-corrected chi connectivity index (χ1v) is 4.37. The molecule has 6 heteroatoms. The minimum absolute atomic E-state index is 0.342. The van der Waals surface area contributed by atoms with Crippen molar-refractivity contribution in [3.63, 3.8) is 0 Å². The summed E-state index contributed by atoms with van der Waals surface area (Å²) in [4.78, 5) is 16.4. The fraction of sp³-hybridized carbons (Fsp3) is 0.625. The van der Waals surface area contributed by atoms with Crippen molar-refractivity contribution in [1.82, 2.24) is 4.90 Å². The van der Waals surface area contributed by atoms with Gasteiger partial charge in [-0.3, -0.25) is 10.2 Å². The van der Waals surface area contributed by atoms with E-state index in [0.717, 1.165) is 12.8 Å². The van der Waals surface area contributed by atoms with Gasteiger partial charge in [0.2, 0.25) is 5.84 Å². The zero-order valence-electron chi connectivity index (χ0n) is 8.16. The van der Waals surface area contributed by atoms with Crippen molar-refractivity contribution >= 4 is 18.1 Å². The zero-order chi connectivity index (χ0) is 10.8. The van der Waals surface area contributed by atoms with E-state index in [4.69, 9.17) is 16.9 Å². The second kappa shape index (κ2) is 3.75. The largest absolute Gasteiger partial charge is 0.390 e. The molecule has 5 N–H and O–H groups in total. The van der Waals surface area contributed by atoms with Crippen LogP contribution in [-0.2, 0) is 4.79 Å². The van der Waals surface area contributed by atoms with Gasteiger partial charge in [-0.2, -0.15) is 0 Å². The van der Waals surface area contributed by atoms with Crippen LogP contribution in [0.1, 0.15) is 13.3 Å². The lowest BCUT2D eigenvalue weighted by molar-refractivity contribution is -0.123. The lowest BCUT2D eigenvalue weighted by atomic mass is 10.0. The monoisotopic (exact) mass is 197 g/mol. The summed E-state index contributed by atoms with van der Waals surface area (Å²) in [6.45, 7) is 2.93. The molecule has 1 aliphatic rings. The van der Waals surface area contributed by atoms with Crippen LogP contribution in [-0.4, -0.2) is 41.6 Å².